The minimum atomic E-state index is -0.490. The molecule has 0 saturated heterocycles. The lowest BCUT2D eigenvalue weighted by Gasteiger charge is -2.03. The van der Waals surface area contributed by atoms with Crippen LogP contribution in [0.1, 0.15) is 22.8 Å². The van der Waals surface area contributed by atoms with Crippen LogP contribution in [0, 0.1) is 0 Å². The molecule has 0 aromatic heterocycles. The van der Waals surface area contributed by atoms with Gasteiger partial charge in [0.05, 0.1) is 18.4 Å². The molecule has 0 spiro atoms. The Hall–Kier alpha value is -2.14. The summed E-state index contributed by atoms with van der Waals surface area (Å²) in [5.41, 5.74) is 1.92. The van der Waals surface area contributed by atoms with Crippen LogP contribution in [-0.2, 0) is 4.84 Å². The molecule has 0 saturated carbocycles. The number of carbonyl (C=O) groups is 1. The summed E-state index contributed by atoms with van der Waals surface area (Å²) < 4.78 is 5.99. The van der Waals surface area contributed by atoms with E-state index in [1.165, 1.54) is 0 Å². The molecule has 21 heavy (non-hydrogen) atoms. The number of halogens is 1. The van der Waals surface area contributed by atoms with E-state index >= 15 is 0 Å². The second-order valence-corrected chi connectivity index (χ2v) is 5.21. The first-order valence-corrected chi connectivity index (χ1v) is 7.05. The lowest BCUT2D eigenvalue weighted by molar-refractivity contribution is 0.0516. The standard InChI is InChI=1S/C16H14BrNO3/c1-11(12-5-9-15(20-2)10-6-12)18-21-16(19)13-3-7-14(17)8-4-13/h3-10H,1-2H3/b18-11-. The monoisotopic (exact) mass is 347 g/mol. The van der Waals surface area contributed by atoms with E-state index in [1.807, 2.05) is 24.3 Å². The van der Waals surface area contributed by atoms with Crippen molar-refractivity contribution < 1.29 is 14.4 Å². The predicted molar refractivity (Wildman–Crippen MR) is 84.8 cm³/mol. The Bertz CT molecular complexity index is 648. The van der Waals surface area contributed by atoms with Gasteiger partial charge in [-0.15, -0.1) is 0 Å². The second-order valence-electron chi connectivity index (χ2n) is 4.29. The van der Waals surface area contributed by atoms with Gasteiger partial charge in [0.1, 0.15) is 5.75 Å². The molecule has 2 aromatic rings. The quantitative estimate of drug-likeness (QED) is 0.476. The molecule has 2 rings (SSSR count). The molecular weight excluding hydrogens is 334 g/mol. The van der Waals surface area contributed by atoms with Gasteiger partial charge >= 0.3 is 5.97 Å². The molecule has 0 aliphatic rings. The number of carbonyl (C=O) groups excluding carboxylic acids is 1. The van der Waals surface area contributed by atoms with Gasteiger partial charge in [0.25, 0.3) is 0 Å². The molecule has 0 heterocycles. The van der Waals surface area contributed by atoms with Crippen molar-refractivity contribution >= 4 is 27.6 Å². The van der Waals surface area contributed by atoms with E-state index in [-0.39, 0.29) is 0 Å². The van der Waals surface area contributed by atoms with Crippen LogP contribution in [-0.4, -0.2) is 18.8 Å². The molecule has 108 valence electrons. The highest BCUT2D eigenvalue weighted by Gasteiger charge is 2.07. The highest BCUT2D eigenvalue weighted by molar-refractivity contribution is 9.10. The fourth-order valence-corrected chi connectivity index (χ4v) is 1.90. The third-order valence-corrected chi connectivity index (χ3v) is 3.38. The molecule has 0 amide bonds. The van der Waals surface area contributed by atoms with Crippen LogP contribution < -0.4 is 4.74 Å². The van der Waals surface area contributed by atoms with Crippen molar-refractivity contribution in [3.63, 3.8) is 0 Å². The summed E-state index contributed by atoms with van der Waals surface area (Å²) >= 11 is 3.31. The van der Waals surface area contributed by atoms with Crippen LogP contribution in [0.5, 0.6) is 5.75 Å². The molecule has 0 bridgehead atoms. The van der Waals surface area contributed by atoms with E-state index in [2.05, 4.69) is 21.1 Å². The van der Waals surface area contributed by atoms with E-state index in [4.69, 9.17) is 9.57 Å². The Balaban J connectivity index is 2.05. The Kier molecular flexibility index (Phi) is 5.11. The number of oxime groups is 1. The van der Waals surface area contributed by atoms with E-state index < -0.39 is 5.97 Å². The SMILES string of the molecule is COc1ccc(/C(C)=N\OC(=O)c2ccc(Br)cc2)cc1. The number of rotatable bonds is 4. The molecule has 0 N–H and O–H groups in total. The van der Waals surface area contributed by atoms with Gasteiger partial charge in [-0.2, -0.15) is 0 Å². The number of hydrogen-bond acceptors (Lipinski definition) is 4. The molecule has 2 aromatic carbocycles. The Labute approximate surface area is 131 Å². The fourth-order valence-electron chi connectivity index (χ4n) is 1.63. The normalized spacial score (nSPS) is 11.1. The van der Waals surface area contributed by atoms with Crippen molar-refractivity contribution in [2.75, 3.05) is 7.11 Å². The van der Waals surface area contributed by atoms with Crippen molar-refractivity contribution in [1.29, 1.82) is 0 Å². The molecule has 5 heteroatoms. The fraction of sp³-hybridized carbons (Fsp3) is 0.125. The number of benzene rings is 2. The topological polar surface area (TPSA) is 47.9 Å². The van der Waals surface area contributed by atoms with Gasteiger partial charge in [-0.25, -0.2) is 4.79 Å². The van der Waals surface area contributed by atoms with Crippen molar-refractivity contribution in [2.24, 2.45) is 5.16 Å². The zero-order valence-electron chi connectivity index (χ0n) is 11.7. The van der Waals surface area contributed by atoms with E-state index in [0.717, 1.165) is 15.8 Å². The lowest BCUT2D eigenvalue weighted by atomic mass is 10.1. The minimum absolute atomic E-state index is 0.449. The molecule has 0 atom stereocenters. The summed E-state index contributed by atoms with van der Waals surface area (Å²) in [7, 11) is 1.61. The predicted octanol–water partition coefficient (Wildman–Crippen LogP) is 4.04. The van der Waals surface area contributed by atoms with Crippen LogP contribution in [0.25, 0.3) is 0 Å². The number of methoxy groups -OCH3 is 1. The lowest BCUT2D eigenvalue weighted by Crippen LogP contribution is -2.03. The van der Waals surface area contributed by atoms with Gasteiger partial charge < -0.3 is 9.57 Å². The summed E-state index contributed by atoms with van der Waals surface area (Å²) in [4.78, 5) is 16.8. The maximum absolute atomic E-state index is 11.8. The second kappa shape index (κ2) is 7.04. The molecule has 0 aliphatic heterocycles. The highest BCUT2D eigenvalue weighted by Crippen LogP contribution is 2.13. The summed E-state index contributed by atoms with van der Waals surface area (Å²) in [5.74, 6) is 0.272. The first-order chi connectivity index (χ1) is 10.1. The summed E-state index contributed by atoms with van der Waals surface area (Å²) in [6.07, 6.45) is 0. The first kappa shape index (κ1) is 15.3. The van der Waals surface area contributed by atoms with Crippen LogP contribution in [0.4, 0.5) is 0 Å². The number of hydrogen-bond donors (Lipinski definition) is 0. The van der Waals surface area contributed by atoms with Gasteiger partial charge in [0.15, 0.2) is 0 Å². The third-order valence-electron chi connectivity index (χ3n) is 2.85. The summed E-state index contributed by atoms with van der Waals surface area (Å²) in [5, 5.41) is 3.86. The molecule has 0 radical (unpaired) electrons. The van der Waals surface area contributed by atoms with Crippen LogP contribution >= 0.6 is 15.9 Å². The molecular formula is C16H14BrNO3. The zero-order chi connectivity index (χ0) is 15.2. The maximum atomic E-state index is 11.8. The molecule has 4 nitrogen and oxygen atoms in total. The average molecular weight is 348 g/mol. The smallest absolute Gasteiger partial charge is 0.365 e. The van der Waals surface area contributed by atoms with Gasteiger partial charge in [0, 0.05) is 4.47 Å². The van der Waals surface area contributed by atoms with Crippen molar-refractivity contribution in [1.82, 2.24) is 0 Å². The minimum Gasteiger partial charge on any atom is -0.497 e. The average Bonchev–Trinajstić information content (AvgIpc) is 2.53. The zero-order valence-corrected chi connectivity index (χ0v) is 13.3. The third kappa shape index (κ3) is 4.16. The van der Waals surface area contributed by atoms with Gasteiger partial charge in [-0.1, -0.05) is 21.1 Å². The van der Waals surface area contributed by atoms with Crippen LogP contribution in [0.3, 0.4) is 0 Å². The number of nitrogens with zero attached hydrogens (tertiary/aromatic N) is 1. The van der Waals surface area contributed by atoms with E-state index in [9.17, 15) is 4.79 Å². The molecule has 0 fully saturated rings. The maximum Gasteiger partial charge on any atom is 0.365 e. The Morgan fingerprint density at radius 2 is 1.57 bits per heavy atom. The van der Waals surface area contributed by atoms with Gasteiger partial charge in [-0.3, -0.25) is 0 Å². The van der Waals surface area contributed by atoms with Gasteiger partial charge in [0.2, 0.25) is 0 Å². The number of ether oxygens (including phenoxy) is 1. The largest absolute Gasteiger partial charge is 0.497 e. The summed E-state index contributed by atoms with van der Waals surface area (Å²) in [6, 6.07) is 14.2. The van der Waals surface area contributed by atoms with E-state index in [0.29, 0.717) is 11.3 Å². The van der Waals surface area contributed by atoms with Crippen molar-refractivity contribution in [2.45, 2.75) is 6.92 Å². The molecule has 0 aliphatic carbocycles. The van der Waals surface area contributed by atoms with Crippen LogP contribution in [0.2, 0.25) is 0 Å². The van der Waals surface area contributed by atoms with Crippen molar-refractivity contribution in [3.8, 4) is 5.75 Å². The van der Waals surface area contributed by atoms with E-state index in [1.54, 1.807) is 38.3 Å². The highest BCUT2D eigenvalue weighted by atomic mass is 79.9. The first-order valence-electron chi connectivity index (χ1n) is 6.26. The molecule has 0 unspecified atom stereocenters. The van der Waals surface area contributed by atoms with Gasteiger partial charge in [-0.05, 0) is 61.0 Å². The Morgan fingerprint density at radius 1 is 1.00 bits per heavy atom. The van der Waals surface area contributed by atoms with Crippen molar-refractivity contribution in [3.05, 3.63) is 64.1 Å². The Morgan fingerprint density at radius 3 is 2.14 bits per heavy atom. The van der Waals surface area contributed by atoms with Crippen LogP contribution in [0.15, 0.2) is 58.2 Å². The summed E-state index contributed by atoms with van der Waals surface area (Å²) in [6.45, 7) is 1.77.